The lowest BCUT2D eigenvalue weighted by Gasteiger charge is -2.38. The van der Waals surface area contributed by atoms with Gasteiger partial charge in [0.05, 0.1) is 5.56 Å². The van der Waals surface area contributed by atoms with Crippen LogP contribution in [-0.4, -0.2) is 12.1 Å². The van der Waals surface area contributed by atoms with Crippen LogP contribution in [0.4, 0.5) is 0 Å². The van der Waals surface area contributed by atoms with Crippen LogP contribution in [0.15, 0.2) is 27.1 Å². The molecule has 0 N–H and O–H groups in total. The maximum absolute atomic E-state index is 12.5. The first kappa shape index (κ1) is 15.5. The number of ether oxygens (including phenoxy) is 1. The molecular weight excluding hydrogens is 396 g/mol. The number of rotatable bonds is 2. The van der Waals surface area contributed by atoms with Crippen molar-refractivity contribution in [1.82, 2.24) is 0 Å². The Bertz CT molecular complexity index is 576. The van der Waals surface area contributed by atoms with Crippen LogP contribution >= 0.6 is 31.9 Å². The van der Waals surface area contributed by atoms with Crippen molar-refractivity contribution in [2.75, 3.05) is 0 Å². The minimum atomic E-state index is -0.216. The topological polar surface area (TPSA) is 26.3 Å². The Labute approximate surface area is 142 Å². The van der Waals surface area contributed by atoms with Crippen LogP contribution in [0.25, 0.3) is 0 Å². The smallest absolute Gasteiger partial charge is 0.338 e. The summed E-state index contributed by atoms with van der Waals surface area (Å²) in [4.78, 5) is 12.5. The lowest BCUT2D eigenvalue weighted by molar-refractivity contribution is -0.0242. The van der Waals surface area contributed by atoms with E-state index >= 15 is 0 Å². The molecule has 3 atom stereocenters. The number of halogens is 2. The standard InChI is InChI=1S/C17H20Br2O2/c1-16(2)11-4-5-17(16,3)14(8-11)21-15(20)10-6-12(18)9-13(19)7-10/h6-7,9,11,14H,4-5,8H2,1-3H3. The van der Waals surface area contributed by atoms with Gasteiger partial charge in [0.2, 0.25) is 0 Å². The van der Waals surface area contributed by atoms with E-state index in [1.165, 1.54) is 6.42 Å². The van der Waals surface area contributed by atoms with Crippen molar-refractivity contribution in [3.05, 3.63) is 32.7 Å². The first-order valence-electron chi connectivity index (χ1n) is 7.41. The summed E-state index contributed by atoms with van der Waals surface area (Å²) < 4.78 is 7.66. The van der Waals surface area contributed by atoms with Crippen molar-refractivity contribution in [2.24, 2.45) is 16.7 Å². The maximum Gasteiger partial charge on any atom is 0.338 e. The fourth-order valence-corrected chi connectivity index (χ4v) is 5.47. The van der Waals surface area contributed by atoms with Crippen LogP contribution in [0, 0.1) is 16.7 Å². The molecule has 0 spiro atoms. The van der Waals surface area contributed by atoms with Crippen LogP contribution in [0.5, 0.6) is 0 Å². The molecule has 1 aromatic carbocycles. The number of benzene rings is 1. The molecule has 2 aliphatic rings. The molecule has 0 aromatic heterocycles. The number of carbonyl (C=O) groups excluding carboxylic acids is 1. The summed E-state index contributed by atoms with van der Waals surface area (Å²) in [6, 6.07) is 5.54. The third-order valence-corrected chi connectivity index (χ3v) is 6.98. The van der Waals surface area contributed by atoms with Gasteiger partial charge < -0.3 is 4.74 Å². The van der Waals surface area contributed by atoms with E-state index in [2.05, 4.69) is 52.6 Å². The highest BCUT2D eigenvalue weighted by Crippen LogP contribution is 2.66. The Morgan fingerprint density at radius 2 is 1.81 bits per heavy atom. The summed E-state index contributed by atoms with van der Waals surface area (Å²) in [7, 11) is 0. The first-order chi connectivity index (χ1) is 9.74. The fourth-order valence-electron chi connectivity index (χ4n) is 4.18. The van der Waals surface area contributed by atoms with Gasteiger partial charge in [0.1, 0.15) is 6.10 Å². The second-order valence-corrected chi connectivity index (χ2v) is 8.99. The summed E-state index contributed by atoms with van der Waals surface area (Å²) >= 11 is 6.83. The molecule has 114 valence electrons. The zero-order valence-electron chi connectivity index (χ0n) is 12.6. The fraction of sp³-hybridized carbons (Fsp3) is 0.588. The predicted octanol–water partition coefficient (Wildman–Crippen LogP) is 5.58. The summed E-state index contributed by atoms with van der Waals surface area (Å²) in [5.74, 6) is 0.459. The monoisotopic (exact) mass is 414 g/mol. The Morgan fingerprint density at radius 1 is 1.19 bits per heavy atom. The van der Waals surface area contributed by atoms with E-state index in [1.807, 2.05) is 18.2 Å². The zero-order valence-corrected chi connectivity index (χ0v) is 15.8. The molecule has 0 saturated heterocycles. The molecule has 0 aliphatic heterocycles. The normalized spacial score (nSPS) is 33.2. The highest BCUT2D eigenvalue weighted by molar-refractivity contribution is 9.11. The number of esters is 1. The van der Waals surface area contributed by atoms with E-state index < -0.39 is 0 Å². The molecule has 21 heavy (non-hydrogen) atoms. The maximum atomic E-state index is 12.5. The largest absolute Gasteiger partial charge is 0.458 e. The molecule has 2 bridgehead atoms. The van der Waals surface area contributed by atoms with Crippen molar-refractivity contribution in [3.63, 3.8) is 0 Å². The third kappa shape index (κ3) is 2.39. The highest BCUT2D eigenvalue weighted by atomic mass is 79.9. The molecule has 0 heterocycles. The summed E-state index contributed by atoms with van der Waals surface area (Å²) in [6.45, 7) is 6.94. The average molecular weight is 416 g/mol. The number of hydrogen-bond donors (Lipinski definition) is 0. The van der Waals surface area contributed by atoms with Gasteiger partial charge in [-0.15, -0.1) is 0 Å². The van der Waals surface area contributed by atoms with Crippen LogP contribution in [0.3, 0.4) is 0 Å². The van der Waals surface area contributed by atoms with E-state index in [4.69, 9.17) is 4.74 Å². The van der Waals surface area contributed by atoms with Gasteiger partial charge in [-0.25, -0.2) is 4.79 Å². The molecule has 2 fully saturated rings. The minimum Gasteiger partial charge on any atom is -0.458 e. The molecule has 2 aliphatic carbocycles. The summed E-state index contributed by atoms with van der Waals surface area (Å²) in [5.41, 5.74) is 0.965. The van der Waals surface area contributed by atoms with Crippen LogP contribution in [-0.2, 0) is 4.74 Å². The number of hydrogen-bond acceptors (Lipinski definition) is 2. The van der Waals surface area contributed by atoms with Crippen LogP contribution < -0.4 is 0 Å². The summed E-state index contributed by atoms with van der Waals surface area (Å²) in [5, 5.41) is 0. The van der Waals surface area contributed by atoms with Gasteiger partial charge in [0.15, 0.2) is 0 Å². The molecule has 3 unspecified atom stereocenters. The third-order valence-electron chi connectivity index (χ3n) is 6.06. The van der Waals surface area contributed by atoms with E-state index in [9.17, 15) is 4.79 Å². The highest BCUT2D eigenvalue weighted by Gasteiger charge is 2.62. The lowest BCUT2D eigenvalue weighted by Crippen LogP contribution is -2.38. The molecule has 0 radical (unpaired) electrons. The van der Waals surface area contributed by atoms with Gasteiger partial charge in [-0.3, -0.25) is 0 Å². The van der Waals surface area contributed by atoms with Gasteiger partial charge in [0, 0.05) is 14.4 Å². The zero-order chi connectivity index (χ0) is 15.4. The van der Waals surface area contributed by atoms with Crippen molar-refractivity contribution in [1.29, 1.82) is 0 Å². The van der Waals surface area contributed by atoms with Gasteiger partial charge in [-0.2, -0.15) is 0 Å². The van der Waals surface area contributed by atoms with Crippen molar-refractivity contribution >= 4 is 37.8 Å². The Morgan fingerprint density at radius 3 is 2.29 bits per heavy atom. The van der Waals surface area contributed by atoms with E-state index in [0.717, 1.165) is 21.8 Å². The van der Waals surface area contributed by atoms with E-state index in [-0.39, 0.29) is 22.9 Å². The van der Waals surface area contributed by atoms with Crippen molar-refractivity contribution in [2.45, 2.75) is 46.1 Å². The van der Waals surface area contributed by atoms with E-state index in [1.54, 1.807) is 0 Å². The number of carbonyl (C=O) groups is 1. The van der Waals surface area contributed by atoms with Crippen molar-refractivity contribution in [3.8, 4) is 0 Å². The van der Waals surface area contributed by atoms with Crippen LogP contribution in [0.1, 0.15) is 50.4 Å². The quantitative estimate of drug-likeness (QED) is 0.589. The predicted molar refractivity (Wildman–Crippen MR) is 90.3 cm³/mol. The van der Waals surface area contributed by atoms with Gasteiger partial charge in [-0.05, 0) is 48.8 Å². The Kier molecular flexibility index (Phi) is 3.77. The van der Waals surface area contributed by atoms with Gasteiger partial charge in [-0.1, -0.05) is 52.6 Å². The number of fused-ring (bicyclic) bond motifs is 2. The molecule has 2 nitrogen and oxygen atoms in total. The SMILES string of the molecule is CC1(C)C2CCC1(C)C(OC(=O)c1cc(Br)cc(Br)c1)C2. The Balaban J connectivity index is 1.80. The lowest BCUT2D eigenvalue weighted by atomic mass is 9.70. The molecule has 1 aromatic rings. The Hall–Kier alpha value is -0.350. The van der Waals surface area contributed by atoms with Crippen LogP contribution in [0.2, 0.25) is 0 Å². The molecule has 2 saturated carbocycles. The van der Waals surface area contributed by atoms with Gasteiger partial charge in [0.25, 0.3) is 0 Å². The van der Waals surface area contributed by atoms with E-state index in [0.29, 0.717) is 11.5 Å². The first-order valence-corrected chi connectivity index (χ1v) is 9.00. The van der Waals surface area contributed by atoms with Crippen molar-refractivity contribution < 1.29 is 9.53 Å². The van der Waals surface area contributed by atoms with Gasteiger partial charge >= 0.3 is 5.97 Å². The second kappa shape index (κ2) is 5.09. The average Bonchev–Trinajstić information content (AvgIpc) is 2.70. The molecule has 0 amide bonds. The summed E-state index contributed by atoms with van der Waals surface area (Å²) in [6.07, 6.45) is 3.46. The second-order valence-electron chi connectivity index (χ2n) is 7.16. The molecule has 4 heteroatoms. The minimum absolute atomic E-state index is 0.0384. The molecule has 3 rings (SSSR count). The molecular formula is C17H20Br2O2.